The van der Waals surface area contributed by atoms with E-state index in [9.17, 15) is 22.8 Å². The van der Waals surface area contributed by atoms with E-state index < -0.39 is 18.0 Å². The van der Waals surface area contributed by atoms with Gasteiger partial charge in [0, 0.05) is 41.5 Å². The number of methoxy groups -OCH3 is 1. The Bertz CT molecular complexity index is 882. The van der Waals surface area contributed by atoms with Crippen LogP contribution in [0.4, 0.5) is 13.2 Å². The molecule has 0 unspecified atom stereocenters. The summed E-state index contributed by atoms with van der Waals surface area (Å²) in [6.07, 6.45) is -4.69. The lowest BCUT2D eigenvalue weighted by atomic mass is 10.1. The summed E-state index contributed by atoms with van der Waals surface area (Å²) in [7, 11) is 1.30. The lowest BCUT2D eigenvalue weighted by molar-refractivity contribution is -0.274. The number of nitrogens with zero attached hydrogens (tertiary/aromatic N) is 1. The molecule has 0 saturated heterocycles. The van der Waals surface area contributed by atoms with Crippen molar-refractivity contribution in [2.24, 2.45) is 0 Å². The summed E-state index contributed by atoms with van der Waals surface area (Å²) in [5.41, 5.74) is 1.89. The van der Waals surface area contributed by atoms with Crippen LogP contribution in [0.2, 0.25) is 0 Å². The summed E-state index contributed by atoms with van der Waals surface area (Å²) in [6, 6.07) is 6.71. The Morgan fingerprint density at radius 1 is 1.18 bits per heavy atom. The fraction of sp³-hybridized carbons (Fsp3) is 0.316. The first-order chi connectivity index (χ1) is 13.1. The van der Waals surface area contributed by atoms with Crippen molar-refractivity contribution >= 4 is 11.7 Å². The summed E-state index contributed by atoms with van der Waals surface area (Å²) >= 11 is 0. The second-order valence-corrected chi connectivity index (χ2v) is 6.07. The zero-order valence-corrected chi connectivity index (χ0v) is 15.5. The minimum atomic E-state index is -4.81. The maximum Gasteiger partial charge on any atom is 0.573 e. The van der Waals surface area contributed by atoms with Gasteiger partial charge in [-0.05, 0) is 38.1 Å². The Kier molecular flexibility index (Phi) is 6.61. The molecular weight excluding hydrogens is 377 g/mol. The van der Waals surface area contributed by atoms with E-state index in [-0.39, 0.29) is 24.5 Å². The van der Waals surface area contributed by atoms with Crippen molar-refractivity contribution < 1.29 is 32.2 Å². The van der Waals surface area contributed by atoms with Gasteiger partial charge in [0.1, 0.15) is 17.3 Å². The number of hydrogen-bond acceptors (Lipinski definition) is 5. The van der Waals surface area contributed by atoms with Gasteiger partial charge in [0.25, 0.3) is 5.91 Å². The zero-order chi connectivity index (χ0) is 20.9. The predicted molar refractivity (Wildman–Crippen MR) is 94.2 cm³/mol. The number of carbonyl (C=O) groups is 2. The number of rotatable bonds is 7. The highest BCUT2D eigenvalue weighted by molar-refractivity contribution is 5.94. The van der Waals surface area contributed by atoms with E-state index in [1.165, 1.54) is 26.2 Å². The Balaban J connectivity index is 2.12. The molecule has 1 amide bonds. The van der Waals surface area contributed by atoms with Gasteiger partial charge in [-0.2, -0.15) is 0 Å². The van der Waals surface area contributed by atoms with Gasteiger partial charge in [-0.25, -0.2) is 0 Å². The number of amides is 1. The summed E-state index contributed by atoms with van der Waals surface area (Å²) in [5, 5.41) is 2.67. The fourth-order valence-corrected chi connectivity index (χ4v) is 2.56. The normalized spacial score (nSPS) is 11.1. The van der Waals surface area contributed by atoms with Crippen LogP contribution in [0, 0.1) is 6.92 Å². The summed E-state index contributed by atoms with van der Waals surface area (Å²) in [6.45, 7) is 3.17. The molecule has 0 aliphatic carbocycles. The molecule has 1 aromatic heterocycles. The molecule has 150 valence electrons. The molecule has 1 aromatic carbocycles. The minimum absolute atomic E-state index is 0.0255. The molecule has 2 rings (SSSR count). The minimum Gasteiger partial charge on any atom is -0.496 e. The van der Waals surface area contributed by atoms with Gasteiger partial charge < -0.3 is 14.8 Å². The van der Waals surface area contributed by atoms with Crippen LogP contribution < -0.4 is 14.8 Å². The quantitative estimate of drug-likeness (QED) is 0.777. The number of alkyl halides is 3. The lowest BCUT2D eigenvalue weighted by Crippen LogP contribution is -2.24. The molecule has 9 heteroatoms. The van der Waals surface area contributed by atoms with Gasteiger partial charge in [-0.15, -0.1) is 13.2 Å². The van der Waals surface area contributed by atoms with Crippen molar-refractivity contribution in [3.63, 3.8) is 0 Å². The van der Waals surface area contributed by atoms with E-state index in [1.807, 2.05) is 0 Å². The average Bonchev–Trinajstić information content (AvgIpc) is 2.57. The maximum absolute atomic E-state index is 12.4. The molecule has 0 aliphatic heterocycles. The number of hydrogen-bond donors (Lipinski definition) is 1. The van der Waals surface area contributed by atoms with E-state index in [4.69, 9.17) is 4.74 Å². The zero-order valence-electron chi connectivity index (χ0n) is 15.5. The van der Waals surface area contributed by atoms with Gasteiger partial charge in [0.15, 0.2) is 0 Å². The van der Waals surface area contributed by atoms with Gasteiger partial charge in [0.2, 0.25) is 0 Å². The Morgan fingerprint density at radius 3 is 2.50 bits per heavy atom. The van der Waals surface area contributed by atoms with Crippen molar-refractivity contribution in [1.29, 1.82) is 0 Å². The number of carbonyl (C=O) groups excluding carboxylic acids is 2. The number of Topliss-reactive ketones (excluding diaryl/α,β-unsaturated/α-hetero) is 1. The van der Waals surface area contributed by atoms with Crippen LogP contribution in [-0.4, -0.2) is 30.1 Å². The Hall–Kier alpha value is -3.10. The number of halogens is 3. The molecule has 1 N–H and O–H groups in total. The lowest BCUT2D eigenvalue weighted by Gasteiger charge is -2.14. The van der Waals surface area contributed by atoms with Gasteiger partial charge in [-0.3, -0.25) is 14.6 Å². The molecule has 0 spiro atoms. The summed E-state index contributed by atoms with van der Waals surface area (Å²) < 4.78 is 45.9. The second kappa shape index (κ2) is 8.73. The van der Waals surface area contributed by atoms with Crippen molar-refractivity contribution in [2.45, 2.75) is 33.2 Å². The van der Waals surface area contributed by atoms with Crippen molar-refractivity contribution in [2.75, 3.05) is 7.11 Å². The van der Waals surface area contributed by atoms with Crippen LogP contribution in [0.15, 0.2) is 30.3 Å². The van der Waals surface area contributed by atoms with Crippen LogP contribution in [0.1, 0.15) is 34.2 Å². The van der Waals surface area contributed by atoms with E-state index >= 15 is 0 Å². The first kappa shape index (κ1) is 21.2. The third kappa shape index (κ3) is 6.26. The van der Waals surface area contributed by atoms with E-state index in [1.54, 1.807) is 13.0 Å². The van der Waals surface area contributed by atoms with Crippen molar-refractivity contribution in [1.82, 2.24) is 10.3 Å². The SMILES string of the molecule is COc1cc(OC(F)(F)F)ccc1CNC(=O)c1cc(C)nc(CC(C)=O)c1. The molecule has 28 heavy (non-hydrogen) atoms. The molecule has 1 heterocycles. The molecule has 0 aliphatic rings. The third-order valence-electron chi connectivity index (χ3n) is 3.63. The van der Waals surface area contributed by atoms with E-state index in [0.717, 1.165) is 12.1 Å². The second-order valence-electron chi connectivity index (χ2n) is 6.07. The smallest absolute Gasteiger partial charge is 0.496 e. The molecule has 2 aromatic rings. The van der Waals surface area contributed by atoms with Crippen LogP contribution in [-0.2, 0) is 17.8 Å². The third-order valence-corrected chi connectivity index (χ3v) is 3.63. The highest BCUT2D eigenvalue weighted by atomic mass is 19.4. The molecule has 0 atom stereocenters. The standard InChI is InChI=1S/C19H19F3N2O4/c1-11-6-14(8-15(24-11)7-12(2)25)18(26)23-10-13-4-5-16(9-17(13)27-3)28-19(20,21)22/h4-6,8-9H,7,10H2,1-3H3,(H,23,26). The molecule has 6 nitrogen and oxygen atoms in total. The highest BCUT2D eigenvalue weighted by Crippen LogP contribution is 2.29. The molecule has 0 radical (unpaired) electrons. The van der Waals surface area contributed by atoms with Crippen LogP contribution in [0.5, 0.6) is 11.5 Å². The Labute approximate surface area is 159 Å². The molecule has 0 fully saturated rings. The molecule has 0 bridgehead atoms. The average molecular weight is 396 g/mol. The number of nitrogens with one attached hydrogen (secondary N) is 1. The molecule has 0 saturated carbocycles. The van der Waals surface area contributed by atoms with E-state index in [0.29, 0.717) is 22.5 Å². The topological polar surface area (TPSA) is 77.5 Å². The number of ketones is 1. The van der Waals surface area contributed by atoms with Crippen LogP contribution in [0.3, 0.4) is 0 Å². The van der Waals surface area contributed by atoms with Gasteiger partial charge in [0.05, 0.1) is 7.11 Å². The monoisotopic (exact) mass is 396 g/mol. The highest BCUT2D eigenvalue weighted by Gasteiger charge is 2.31. The summed E-state index contributed by atoms with van der Waals surface area (Å²) in [4.78, 5) is 27.9. The fourth-order valence-electron chi connectivity index (χ4n) is 2.56. The number of ether oxygens (including phenoxy) is 2. The number of aryl methyl sites for hydroxylation is 1. The first-order valence-electron chi connectivity index (χ1n) is 8.25. The number of pyridine rings is 1. The van der Waals surface area contributed by atoms with Gasteiger partial charge >= 0.3 is 6.36 Å². The number of aromatic nitrogens is 1. The van der Waals surface area contributed by atoms with Gasteiger partial charge in [-0.1, -0.05) is 0 Å². The van der Waals surface area contributed by atoms with Crippen LogP contribution in [0.25, 0.3) is 0 Å². The van der Waals surface area contributed by atoms with E-state index in [2.05, 4.69) is 15.0 Å². The van der Waals surface area contributed by atoms with Crippen molar-refractivity contribution in [3.8, 4) is 11.5 Å². The summed E-state index contributed by atoms with van der Waals surface area (Å²) in [5.74, 6) is -0.758. The maximum atomic E-state index is 12.4. The first-order valence-corrected chi connectivity index (χ1v) is 8.25. The predicted octanol–water partition coefficient (Wildman–Crippen LogP) is 3.36. The largest absolute Gasteiger partial charge is 0.573 e. The number of benzene rings is 1. The van der Waals surface area contributed by atoms with Crippen molar-refractivity contribution in [3.05, 3.63) is 52.8 Å². The Morgan fingerprint density at radius 2 is 1.89 bits per heavy atom. The van der Waals surface area contributed by atoms with Crippen LogP contribution >= 0.6 is 0 Å². The molecular formula is C19H19F3N2O4.